The van der Waals surface area contributed by atoms with Gasteiger partial charge < -0.3 is 4.74 Å². The van der Waals surface area contributed by atoms with E-state index in [0.717, 1.165) is 11.1 Å². The van der Waals surface area contributed by atoms with Crippen molar-refractivity contribution in [3.05, 3.63) is 77.9 Å². The Morgan fingerprint density at radius 2 is 1.56 bits per heavy atom. The van der Waals surface area contributed by atoms with Crippen LogP contribution in [-0.4, -0.2) is 5.56 Å². The van der Waals surface area contributed by atoms with E-state index in [-0.39, 0.29) is 0 Å². The Labute approximate surface area is 113 Å². The summed E-state index contributed by atoms with van der Waals surface area (Å²) in [4.78, 5) is 0. The van der Waals surface area contributed by atoms with Gasteiger partial charge in [0.25, 0.3) is 0 Å². The lowest BCUT2D eigenvalue weighted by molar-refractivity contribution is 0.122. The summed E-state index contributed by atoms with van der Waals surface area (Å²) in [6.45, 7) is 0.522. The molecule has 1 atom stereocenters. The van der Waals surface area contributed by atoms with Crippen molar-refractivity contribution >= 4 is 17.7 Å². The predicted molar refractivity (Wildman–Crippen MR) is 76.3 cm³/mol. The highest BCUT2D eigenvalue weighted by atomic mass is 35.5. The second-order valence-corrected chi connectivity index (χ2v) is 4.35. The summed E-state index contributed by atoms with van der Waals surface area (Å²) in [6.07, 6.45) is 3.81. The van der Waals surface area contributed by atoms with Crippen LogP contribution in [0.25, 0.3) is 6.08 Å². The molecule has 0 spiro atoms. The first-order valence-electron chi connectivity index (χ1n) is 5.87. The van der Waals surface area contributed by atoms with Crippen LogP contribution in [0.1, 0.15) is 11.1 Å². The van der Waals surface area contributed by atoms with Gasteiger partial charge in [-0.3, -0.25) is 0 Å². The average molecular weight is 259 g/mol. The van der Waals surface area contributed by atoms with Crippen LogP contribution in [0.4, 0.5) is 0 Å². The molecule has 0 aliphatic rings. The third-order valence-corrected chi connectivity index (χ3v) is 2.76. The molecule has 92 valence electrons. The lowest BCUT2D eigenvalue weighted by Crippen LogP contribution is -2.01. The van der Waals surface area contributed by atoms with Crippen molar-refractivity contribution < 1.29 is 4.74 Å². The lowest BCUT2D eigenvalue weighted by Gasteiger charge is -2.06. The average Bonchev–Trinajstić information content (AvgIpc) is 2.45. The van der Waals surface area contributed by atoms with E-state index in [4.69, 9.17) is 16.3 Å². The fraction of sp³-hybridized carbons (Fsp3) is 0.125. The van der Waals surface area contributed by atoms with Crippen LogP contribution in [-0.2, 0) is 11.3 Å². The maximum atomic E-state index is 6.07. The van der Waals surface area contributed by atoms with Gasteiger partial charge in [0.1, 0.15) is 0 Å². The molecule has 1 unspecified atom stereocenters. The summed E-state index contributed by atoms with van der Waals surface area (Å²) >= 11 is 6.07. The maximum absolute atomic E-state index is 6.07. The van der Waals surface area contributed by atoms with Crippen LogP contribution in [0.5, 0.6) is 0 Å². The van der Waals surface area contributed by atoms with Gasteiger partial charge in [-0.05, 0) is 17.2 Å². The molecule has 2 aromatic carbocycles. The molecular weight excluding hydrogens is 244 g/mol. The zero-order valence-electron chi connectivity index (χ0n) is 10.00. The van der Waals surface area contributed by atoms with Gasteiger partial charge in [-0.1, -0.05) is 78.3 Å². The highest BCUT2D eigenvalue weighted by Crippen LogP contribution is 2.09. The molecule has 0 radical (unpaired) electrons. The number of ether oxygens (including phenoxy) is 1. The fourth-order valence-corrected chi connectivity index (χ4v) is 1.69. The third kappa shape index (κ3) is 4.36. The summed E-state index contributed by atoms with van der Waals surface area (Å²) < 4.78 is 5.53. The molecule has 0 amide bonds. The maximum Gasteiger partial charge on any atom is 0.150 e. The van der Waals surface area contributed by atoms with Crippen LogP contribution in [0.15, 0.2) is 66.7 Å². The number of hydrogen-bond donors (Lipinski definition) is 0. The summed E-state index contributed by atoms with van der Waals surface area (Å²) in [7, 11) is 0. The van der Waals surface area contributed by atoms with Crippen LogP contribution in [0.3, 0.4) is 0 Å². The molecular formula is C16H15ClO. The van der Waals surface area contributed by atoms with E-state index in [1.54, 1.807) is 0 Å². The van der Waals surface area contributed by atoms with E-state index in [2.05, 4.69) is 0 Å². The van der Waals surface area contributed by atoms with Gasteiger partial charge in [0.05, 0.1) is 6.61 Å². The molecule has 18 heavy (non-hydrogen) atoms. The normalized spacial score (nSPS) is 12.7. The smallest absolute Gasteiger partial charge is 0.150 e. The second-order valence-electron chi connectivity index (χ2n) is 3.92. The van der Waals surface area contributed by atoms with E-state index in [1.165, 1.54) is 0 Å². The Kier molecular flexibility index (Phi) is 5.00. The van der Waals surface area contributed by atoms with Crippen molar-refractivity contribution in [1.82, 2.24) is 0 Å². The molecule has 2 aromatic rings. The molecule has 0 aliphatic heterocycles. The molecule has 0 saturated heterocycles. The van der Waals surface area contributed by atoms with Gasteiger partial charge in [-0.2, -0.15) is 0 Å². The number of halogens is 1. The van der Waals surface area contributed by atoms with Crippen LogP contribution < -0.4 is 0 Å². The zero-order valence-corrected chi connectivity index (χ0v) is 10.8. The molecule has 0 heterocycles. The Balaban J connectivity index is 1.82. The minimum absolute atomic E-state index is 0.412. The van der Waals surface area contributed by atoms with Gasteiger partial charge in [0.2, 0.25) is 0 Å². The van der Waals surface area contributed by atoms with Crippen molar-refractivity contribution in [1.29, 1.82) is 0 Å². The summed E-state index contributed by atoms with van der Waals surface area (Å²) in [6, 6.07) is 20.0. The largest absolute Gasteiger partial charge is 0.354 e. The summed E-state index contributed by atoms with van der Waals surface area (Å²) in [5.41, 5.74) is 1.83. The van der Waals surface area contributed by atoms with Crippen molar-refractivity contribution in [3.8, 4) is 0 Å². The Bertz CT molecular complexity index is 479. The number of rotatable bonds is 5. The van der Waals surface area contributed by atoms with Gasteiger partial charge in [-0.15, -0.1) is 0 Å². The molecule has 0 N–H and O–H groups in total. The second kappa shape index (κ2) is 7.00. The van der Waals surface area contributed by atoms with Crippen molar-refractivity contribution in [2.75, 3.05) is 0 Å². The topological polar surface area (TPSA) is 9.23 Å². The molecule has 0 fully saturated rings. The lowest BCUT2D eigenvalue weighted by atomic mass is 10.2. The van der Waals surface area contributed by atoms with E-state index < -0.39 is 5.56 Å². The predicted octanol–water partition coefficient (Wildman–Crippen LogP) is 4.48. The molecule has 0 aromatic heterocycles. The fourth-order valence-electron chi connectivity index (χ4n) is 1.56. The quantitative estimate of drug-likeness (QED) is 0.719. The van der Waals surface area contributed by atoms with Crippen LogP contribution >= 0.6 is 11.6 Å². The zero-order chi connectivity index (χ0) is 12.6. The highest BCUT2D eigenvalue weighted by Gasteiger charge is 1.99. The first kappa shape index (κ1) is 12.9. The van der Waals surface area contributed by atoms with E-state index in [9.17, 15) is 0 Å². The van der Waals surface area contributed by atoms with Gasteiger partial charge >= 0.3 is 0 Å². The van der Waals surface area contributed by atoms with Crippen LogP contribution in [0, 0.1) is 0 Å². The Morgan fingerprint density at radius 3 is 2.22 bits per heavy atom. The molecule has 2 rings (SSSR count). The highest BCUT2D eigenvalue weighted by molar-refractivity contribution is 6.21. The van der Waals surface area contributed by atoms with Crippen molar-refractivity contribution in [2.24, 2.45) is 0 Å². The standard InChI is InChI=1S/C16H15ClO/c17-16(12-11-14-7-3-1-4-8-14)18-13-15-9-5-2-6-10-15/h1-12,16H,13H2. The van der Waals surface area contributed by atoms with Gasteiger partial charge in [0.15, 0.2) is 5.56 Å². The van der Waals surface area contributed by atoms with E-state index >= 15 is 0 Å². The van der Waals surface area contributed by atoms with Crippen LogP contribution in [0.2, 0.25) is 0 Å². The van der Waals surface area contributed by atoms with Crippen molar-refractivity contribution in [2.45, 2.75) is 12.2 Å². The SMILES string of the molecule is ClC(C=Cc1ccccc1)OCc1ccccc1. The van der Waals surface area contributed by atoms with Gasteiger partial charge in [-0.25, -0.2) is 0 Å². The number of alkyl halides is 1. The summed E-state index contributed by atoms with van der Waals surface area (Å²) in [5, 5.41) is 0. The Hall–Kier alpha value is -1.57. The number of hydrogen-bond acceptors (Lipinski definition) is 1. The van der Waals surface area contributed by atoms with Crippen molar-refractivity contribution in [3.63, 3.8) is 0 Å². The molecule has 0 saturated carbocycles. The monoisotopic (exact) mass is 258 g/mol. The minimum atomic E-state index is -0.412. The number of benzene rings is 2. The Morgan fingerprint density at radius 1 is 0.944 bits per heavy atom. The third-order valence-electron chi connectivity index (χ3n) is 2.49. The molecule has 1 nitrogen and oxygen atoms in total. The van der Waals surface area contributed by atoms with E-state index in [0.29, 0.717) is 6.61 Å². The first-order chi connectivity index (χ1) is 8.84. The molecule has 0 aliphatic carbocycles. The van der Waals surface area contributed by atoms with Gasteiger partial charge in [0, 0.05) is 0 Å². The minimum Gasteiger partial charge on any atom is -0.354 e. The van der Waals surface area contributed by atoms with E-state index in [1.807, 2.05) is 72.8 Å². The first-order valence-corrected chi connectivity index (χ1v) is 6.31. The molecule has 2 heteroatoms. The summed E-state index contributed by atoms with van der Waals surface area (Å²) in [5.74, 6) is 0. The molecule has 0 bridgehead atoms.